The molecule has 3 atom stereocenters. The molecule has 25 heavy (non-hydrogen) atoms. The molecule has 140 valence electrons. The van der Waals surface area contributed by atoms with E-state index < -0.39 is 5.54 Å². The van der Waals surface area contributed by atoms with Gasteiger partial charge in [-0.15, -0.1) is 12.4 Å². The molecule has 0 aromatic heterocycles. The summed E-state index contributed by atoms with van der Waals surface area (Å²) in [5, 5.41) is 3.24. The number of nitrogens with zero attached hydrogens (tertiary/aromatic N) is 1. The second-order valence-electron chi connectivity index (χ2n) is 7.85. The molecule has 0 spiro atoms. The van der Waals surface area contributed by atoms with Crippen molar-refractivity contribution in [1.82, 2.24) is 10.2 Å². The van der Waals surface area contributed by atoms with Gasteiger partial charge in [-0.25, -0.2) is 0 Å². The molecular formula is C20H32ClN3O. The fourth-order valence-corrected chi connectivity index (χ4v) is 4.43. The van der Waals surface area contributed by atoms with E-state index in [1.165, 1.54) is 18.4 Å². The summed E-state index contributed by atoms with van der Waals surface area (Å²) in [7, 11) is 0. The summed E-state index contributed by atoms with van der Waals surface area (Å²) in [6.07, 6.45) is 6.27. The number of hydrogen-bond donors (Lipinski definition) is 2. The predicted molar refractivity (Wildman–Crippen MR) is 105 cm³/mol. The second-order valence-corrected chi connectivity index (χ2v) is 7.85. The van der Waals surface area contributed by atoms with Crippen molar-refractivity contribution >= 4 is 18.3 Å². The minimum atomic E-state index is -0.741. The first kappa shape index (κ1) is 20.2. The molecule has 1 amide bonds. The Kier molecular flexibility index (Phi) is 6.89. The van der Waals surface area contributed by atoms with Crippen molar-refractivity contribution in [3.05, 3.63) is 35.9 Å². The molecule has 2 fully saturated rings. The SMILES string of the molecule is CCCC(C)(N)C(=O)NC1CC2CCC(C1)N2Cc1ccccc1.Cl. The molecule has 1 aromatic rings. The average Bonchev–Trinajstić information content (AvgIpc) is 2.78. The number of hydrogen-bond acceptors (Lipinski definition) is 3. The van der Waals surface area contributed by atoms with Gasteiger partial charge in [-0.2, -0.15) is 0 Å². The van der Waals surface area contributed by atoms with Crippen molar-refractivity contribution in [1.29, 1.82) is 0 Å². The van der Waals surface area contributed by atoms with Crippen LogP contribution in [0.25, 0.3) is 0 Å². The van der Waals surface area contributed by atoms with Crippen LogP contribution in [0.5, 0.6) is 0 Å². The molecule has 0 saturated carbocycles. The highest BCUT2D eigenvalue weighted by atomic mass is 35.5. The maximum atomic E-state index is 12.5. The Morgan fingerprint density at radius 2 is 1.84 bits per heavy atom. The number of amides is 1. The highest BCUT2D eigenvalue weighted by Crippen LogP contribution is 2.37. The molecule has 2 aliphatic rings. The van der Waals surface area contributed by atoms with Crippen molar-refractivity contribution in [2.45, 2.75) is 82.6 Å². The van der Waals surface area contributed by atoms with Crippen LogP contribution < -0.4 is 11.1 Å². The highest BCUT2D eigenvalue weighted by Gasteiger charge is 2.41. The number of nitrogens with one attached hydrogen (secondary N) is 1. The molecule has 2 heterocycles. The van der Waals surface area contributed by atoms with Crippen LogP contribution in [0.4, 0.5) is 0 Å². The van der Waals surface area contributed by atoms with Gasteiger partial charge in [0.15, 0.2) is 0 Å². The number of piperidine rings is 1. The van der Waals surface area contributed by atoms with Gasteiger partial charge in [0, 0.05) is 24.7 Å². The number of carbonyl (C=O) groups is 1. The normalized spacial score (nSPS) is 28.0. The molecule has 2 bridgehead atoms. The van der Waals surface area contributed by atoms with Crippen LogP contribution in [0.3, 0.4) is 0 Å². The van der Waals surface area contributed by atoms with Crippen LogP contribution in [-0.2, 0) is 11.3 Å². The third-order valence-electron chi connectivity index (χ3n) is 5.72. The predicted octanol–water partition coefficient (Wildman–Crippen LogP) is 3.24. The summed E-state index contributed by atoms with van der Waals surface area (Å²) in [4.78, 5) is 15.1. The maximum absolute atomic E-state index is 12.5. The van der Waals surface area contributed by atoms with Gasteiger partial charge in [-0.1, -0.05) is 43.7 Å². The Hall–Kier alpha value is -1.10. The van der Waals surface area contributed by atoms with E-state index in [-0.39, 0.29) is 24.4 Å². The fourth-order valence-electron chi connectivity index (χ4n) is 4.43. The van der Waals surface area contributed by atoms with E-state index in [1.807, 2.05) is 6.92 Å². The van der Waals surface area contributed by atoms with Crippen LogP contribution in [0, 0.1) is 0 Å². The van der Waals surface area contributed by atoms with Crippen molar-refractivity contribution < 1.29 is 4.79 Å². The van der Waals surface area contributed by atoms with Crippen LogP contribution in [-0.4, -0.2) is 34.5 Å². The quantitative estimate of drug-likeness (QED) is 0.813. The largest absolute Gasteiger partial charge is 0.352 e. The first-order chi connectivity index (χ1) is 11.5. The Morgan fingerprint density at radius 1 is 1.24 bits per heavy atom. The number of halogens is 1. The van der Waals surface area contributed by atoms with Gasteiger partial charge in [0.05, 0.1) is 5.54 Å². The molecule has 2 aliphatic heterocycles. The lowest BCUT2D eigenvalue weighted by Crippen LogP contribution is -2.57. The minimum absolute atomic E-state index is 0. The third-order valence-corrected chi connectivity index (χ3v) is 5.72. The van der Waals surface area contributed by atoms with Crippen LogP contribution in [0.15, 0.2) is 30.3 Å². The lowest BCUT2D eigenvalue weighted by atomic mass is 9.93. The standard InChI is InChI=1S/C20H31N3O.ClH/c1-3-11-20(2,21)19(24)22-16-12-17-9-10-18(13-16)23(17)14-15-7-5-4-6-8-15;/h4-8,16-18H,3,9-14,21H2,1-2H3,(H,22,24);1H. The zero-order valence-corrected chi connectivity index (χ0v) is 16.2. The molecule has 0 aliphatic carbocycles. The second kappa shape index (κ2) is 8.52. The summed E-state index contributed by atoms with van der Waals surface area (Å²) < 4.78 is 0. The smallest absolute Gasteiger partial charge is 0.240 e. The minimum Gasteiger partial charge on any atom is -0.352 e. The van der Waals surface area contributed by atoms with E-state index in [4.69, 9.17) is 5.73 Å². The molecule has 3 rings (SSSR count). The van der Waals surface area contributed by atoms with Gasteiger partial charge in [-0.05, 0) is 44.6 Å². The molecule has 1 aromatic carbocycles. The maximum Gasteiger partial charge on any atom is 0.240 e. The number of benzene rings is 1. The van der Waals surface area contributed by atoms with E-state index in [9.17, 15) is 4.79 Å². The zero-order chi connectivity index (χ0) is 17.2. The first-order valence-corrected chi connectivity index (χ1v) is 9.39. The summed E-state index contributed by atoms with van der Waals surface area (Å²) in [6, 6.07) is 12.2. The summed E-state index contributed by atoms with van der Waals surface area (Å²) >= 11 is 0. The Morgan fingerprint density at radius 3 is 2.40 bits per heavy atom. The number of fused-ring (bicyclic) bond motifs is 2. The van der Waals surface area contributed by atoms with E-state index in [2.05, 4.69) is 47.5 Å². The van der Waals surface area contributed by atoms with Crippen molar-refractivity contribution in [2.75, 3.05) is 0 Å². The molecule has 5 heteroatoms. The molecular weight excluding hydrogens is 334 g/mol. The zero-order valence-electron chi connectivity index (χ0n) is 15.4. The van der Waals surface area contributed by atoms with Crippen LogP contribution in [0.2, 0.25) is 0 Å². The van der Waals surface area contributed by atoms with Crippen LogP contribution >= 0.6 is 12.4 Å². The van der Waals surface area contributed by atoms with E-state index in [0.717, 1.165) is 32.2 Å². The average molecular weight is 366 g/mol. The lowest BCUT2D eigenvalue weighted by molar-refractivity contribution is -0.127. The summed E-state index contributed by atoms with van der Waals surface area (Å²) in [6.45, 7) is 4.95. The Bertz CT molecular complexity index is 549. The van der Waals surface area contributed by atoms with Crippen molar-refractivity contribution in [3.63, 3.8) is 0 Å². The molecule has 3 unspecified atom stereocenters. The van der Waals surface area contributed by atoms with E-state index >= 15 is 0 Å². The highest BCUT2D eigenvalue weighted by molar-refractivity contribution is 5.86. The van der Waals surface area contributed by atoms with E-state index in [0.29, 0.717) is 12.1 Å². The van der Waals surface area contributed by atoms with Crippen molar-refractivity contribution in [2.24, 2.45) is 5.73 Å². The first-order valence-electron chi connectivity index (χ1n) is 9.39. The Labute approximate surface area is 157 Å². The number of nitrogens with two attached hydrogens (primary N) is 1. The molecule has 0 radical (unpaired) electrons. The molecule has 4 nitrogen and oxygen atoms in total. The third kappa shape index (κ3) is 4.75. The number of rotatable bonds is 6. The number of carbonyl (C=O) groups excluding carboxylic acids is 1. The summed E-state index contributed by atoms with van der Waals surface area (Å²) in [5.41, 5.74) is 6.82. The Balaban J connectivity index is 0.00000225. The van der Waals surface area contributed by atoms with Gasteiger partial charge in [0.2, 0.25) is 5.91 Å². The monoisotopic (exact) mass is 365 g/mol. The topological polar surface area (TPSA) is 58.4 Å². The van der Waals surface area contributed by atoms with Crippen LogP contribution in [0.1, 0.15) is 57.9 Å². The summed E-state index contributed by atoms with van der Waals surface area (Å²) in [5.74, 6) is 0.0188. The molecule has 2 saturated heterocycles. The van der Waals surface area contributed by atoms with Gasteiger partial charge >= 0.3 is 0 Å². The van der Waals surface area contributed by atoms with Gasteiger partial charge in [0.1, 0.15) is 0 Å². The van der Waals surface area contributed by atoms with Gasteiger partial charge in [0.25, 0.3) is 0 Å². The fraction of sp³-hybridized carbons (Fsp3) is 0.650. The van der Waals surface area contributed by atoms with E-state index in [1.54, 1.807) is 0 Å². The van der Waals surface area contributed by atoms with Gasteiger partial charge < -0.3 is 11.1 Å². The lowest BCUT2D eigenvalue weighted by Gasteiger charge is -2.40. The van der Waals surface area contributed by atoms with Gasteiger partial charge in [-0.3, -0.25) is 9.69 Å². The molecule has 3 N–H and O–H groups in total. The van der Waals surface area contributed by atoms with Crippen molar-refractivity contribution in [3.8, 4) is 0 Å².